The quantitative estimate of drug-likeness (QED) is 0.616. The largest absolute Gasteiger partial charge is 0.396 e. The third-order valence-corrected chi connectivity index (χ3v) is 3.54. The summed E-state index contributed by atoms with van der Waals surface area (Å²) in [6.07, 6.45) is 5.70. The SMILES string of the molecule is O=C(CCCn1cccc1)Nc1ccc(C(=O)NCCCO)cc1. The van der Waals surface area contributed by atoms with E-state index in [1.165, 1.54) is 0 Å². The molecule has 0 aliphatic carbocycles. The number of aryl methyl sites for hydroxylation is 1. The van der Waals surface area contributed by atoms with Gasteiger partial charge < -0.3 is 20.3 Å². The highest BCUT2D eigenvalue weighted by molar-refractivity contribution is 5.95. The van der Waals surface area contributed by atoms with Crippen molar-refractivity contribution in [1.82, 2.24) is 9.88 Å². The van der Waals surface area contributed by atoms with Crippen LogP contribution < -0.4 is 10.6 Å². The first-order valence-electron chi connectivity index (χ1n) is 8.09. The van der Waals surface area contributed by atoms with Crippen LogP contribution in [0.5, 0.6) is 0 Å². The van der Waals surface area contributed by atoms with Crippen molar-refractivity contribution in [2.24, 2.45) is 0 Å². The number of benzene rings is 1. The van der Waals surface area contributed by atoms with E-state index in [1.54, 1.807) is 24.3 Å². The highest BCUT2D eigenvalue weighted by atomic mass is 16.3. The average Bonchev–Trinajstić information content (AvgIpc) is 3.09. The minimum Gasteiger partial charge on any atom is -0.396 e. The molecule has 0 fully saturated rings. The molecule has 2 rings (SSSR count). The van der Waals surface area contributed by atoms with E-state index in [0.29, 0.717) is 30.6 Å². The summed E-state index contributed by atoms with van der Waals surface area (Å²) in [5.41, 5.74) is 1.20. The number of hydrogen-bond donors (Lipinski definition) is 3. The standard InChI is InChI=1S/C18H23N3O3/c22-14-4-10-19-18(24)15-6-8-16(9-7-15)20-17(23)5-3-13-21-11-1-2-12-21/h1-2,6-9,11-12,22H,3-5,10,13-14H2,(H,19,24)(H,20,23). The van der Waals surface area contributed by atoms with Crippen LogP contribution >= 0.6 is 0 Å². The summed E-state index contributed by atoms with van der Waals surface area (Å²) < 4.78 is 2.04. The smallest absolute Gasteiger partial charge is 0.251 e. The summed E-state index contributed by atoms with van der Waals surface area (Å²) in [6, 6.07) is 10.7. The molecule has 1 aromatic heterocycles. The van der Waals surface area contributed by atoms with Crippen molar-refractivity contribution in [1.29, 1.82) is 0 Å². The van der Waals surface area contributed by atoms with Gasteiger partial charge in [0.05, 0.1) is 0 Å². The second-order valence-corrected chi connectivity index (χ2v) is 5.48. The normalized spacial score (nSPS) is 10.4. The van der Waals surface area contributed by atoms with Crippen molar-refractivity contribution in [3.05, 3.63) is 54.4 Å². The highest BCUT2D eigenvalue weighted by Gasteiger charge is 2.06. The first kappa shape index (κ1) is 17.7. The van der Waals surface area contributed by atoms with Gasteiger partial charge in [-0.05, 0) is 49.2 Å². The Labute approximate surface area is 141 Å². The minimum absolute atomic E-state index is 0.0395. The number of carbonyl (C=O) groups excluding carboxylic acids is 2. The molecule has 0 aliphatic rings. The van der Waals surface area contributed by atoms with Crippen LogP contribution in [0.25, 0.3) is 0 Å². The Hall–Kier alpha value is -2.60. The van der Waals surface area contributed by atoms with Gasteiger partial charge in [-0.3, -0.25) is 9.59 Å². The molecule has 1 heterocycles. The van der Waals surface area contributed by atoms with E-state index in [0.717, 1.165) is 13.0 Å². The van der Waals surface area contributed by atoms with Crippen LogP contribution in [0, 0.1) is 0 Å². The molecule has 6 heteroatoms. The lowest BCUT2D eigenvalue weighted by Crippen LogP contribution is -2.25. The van der Waals surface area contributed by atoms with Crippen LogP contribution in [-0.2, 0) is 11.3 Å². The third kappa shape index (κ3) is 5.89. The molecule has 0 spiro atoms. The molecule has 6 nitrogen and oxygen atoms in total. The Morgan fingerprint density at radius 2 is 1.75 bits per heavy atom. The van der Waals surface area contributed by atoms with Gasteiger partial charge in [-0.25, -0.2) is 0 Å². The van der Waals surface area contributed by atoms with Crippen molar-refractivity contribution in [2.75, 3.05) is 18.5 Å². The molecule has 0 bridgehead atoms. The number of nitrogens with zero attached hydrogens (tertiary/aromatic N) is 1. The number of rotatable bonds is 9. The number of aromatic nitrogens is 1. The second kappa shape index (κ2) is 9.52. The first-order chi connectivity index (χ1) is 11.7. The van der Waals surface area contributed by atoms with E-state index in [4.69, 9.17) is 5.11 Å². The lowest BCUT2D eigenvalue weighted by atomic mass is 10.2. The fraction of sp³-hybridized carbons (Fsp3) is 0.333. The number of carbonyl (C=O) groups is 2. The van der Waals surface area contributed by atoms with Crippen LogP contribution in [0.2, 0.25) is 0 Å². The van der Waals surface area contributed by atoms with Gasteiger partial charge in [-0.2, -0.15) is 0 Å². The Kier molecular flexibility index (Phi) is 7.04. The Morgan fingerprint density at radius 3 is 2.42 bits per heavy atom. The first-order valence-corrected chi connectivity index (χ1v) is 8.09. The highest BCUT2D eigenvalue weighted by Crippen LogP contribution is 2.10. The second-order valence-electron chi connectivity index (χ2n) is 5.48. The lowest BCUT2D eigenvalue weighted by Gasteiger charge is -2.08. The zero-order valence-electron chi connectivity index (χ0n) is 13.6. The van der Waals surface area contributed by atoms with Crippen molar-refractivity contribution < 1.29 is 14.7 Å². The third-order valence-electron chi connectivity index (χ3n) is 3.54. The van der Waals surface area contributed by atoms with E-state index in [-0.39, 0.29) is 18.4 Å². The molecule has 0 saturated carbocycles. The number of anilines is 1. The Balaban J connectivity index is 1.74. The number of aliphatic hydroxyl groups is 1. The van der Waals surface area contributed by atoms with Gasteiger partial charge in [-0.1, -0.05) is 0 Å². The predicted octanol–water partition coefficient (Wildman–Crippen LogP) is 2.02. The molecule has 128 valence electrons. The average molecular weight is 329 g/mol. The van der Waals surface area contributed by atoms with E-state index < -0.39 is 0 Å². The number of amides is 2. The van der Waals surface area contributed by atoms with Crippen molar-refractivity contribution in [2.45, 2.75) is 25.8 Å². The zero-order valence-corrected chi connectivity index (χ0v) is 13.6. The molecule has 0 radical (unpaired) electrons. The molecule has 1 aromatic carbocycles. The summed E-state index contributed by atoms with van der Waals surface area (Å²) in [5.74, 6) is -0.227. The molecular formula is C18H23N3O3. The van der Waals surface area contributed by atoms with E-state index in [1.807, 2.05) is 29.1 Å². The molecule has 0 atom stereocenters. The van der Waals surface area contributed by atoms with E-state index in [2.05, 4.69) is 10.6 Å². The number of nitrogens with one attached hydrogen (secondary N) is 2. The van der Waals surface area contributed by atoms with Gasteiger partial charge >= 0.3 is 0 Å². The van der Waals surface area contributed by atoms with E-state index in [9.17, 15) is 9.59 Å². The zero-order chi connectivity index (χ0) is 17.2. The maximum atomic E-state index is 11.9. The molecule has 2 aromatic rings. The molecule has 0 saturated heterocycles. The summed E-state index contributed by atoms with van der Waals surface area (Å²) in [7, 11) is 0. The van der Waals surface area contributed by atoms with Gasteiger partial charge in [0.2, 0.25) is 5.91 Å². The number of aliphatic hydroxyl groups excluding tert-OH is 1. The van der Waals surface area contributed by atoms with Crippen LogP contribution in [0.3, 0.4) is 0 Å². The minimum atomic E-state index is -0.187. The van der Waals surface area contributed by atoms with Crippen molar-refractivity contribution in [3.63, 3.8) is 0 Å². The maximum Gasteiger partial charge on any atom is 0.251 e. The Morgan fingerprint density at radius 1 is 1.04 bits per heavy atom. The van der Waals surface area contributed by atoms with E-state index >= 15 is 0 Å². The van der Waals surface area contributed by atoms with Gasteiger partial charge in [0.25, 0.3) is 5.91 Å². The number of hydrogen-bond acceptors (Lipinski definition) is 3. The van der Waals surface area contributed by atoms with Gasteiger partial charge in [0, 0.05) is 49.8 Å². The van der Waals surface area contributed by atoms with Gasteiger partial charge in [0.1, 0.15) is 0 Å². The fourth-order valence-electron chi connectivity index (χ4n) is 2.25. The summed E-state index contributed by atoms with van der Waals surface area (Å²) in [5, 5.41) is 14.2. The summed E-state index contributed by atoms with van der Waals surface area (Å²) in [6.45, 7) is 1.30. The molecule has 0 unspecified atom stereocenters. The summed E-state index contributed by atoms with van der Waals surface area (Å²) >= 11 is 0. The Bertz CT molecular complexity index is 636. The topological polar surface area (TPSA) is 83.4 Å². The van der Waals surface area contributed by atoms with Crippen LogP contribution in [0.15, 0.2) is 48.8 Å². The van der Waals surface area contributed by atoms with Crippen molar-refractivity contribution >= 4 is 17.5 Å². The van der Waals surface area contributed by atoms with Crippen molar-refractivity contribution in [3.8, 4) is 0 Å². The van der Waals surface area contributed by atoms with Gasteiger partial charge in [-0.15, -0.1) is 0 Å². The fourth-order valence-corrected chi connectivity index (χ4v) is 2.25. The molecule has 3 N–H and O–H groups in total. The molecule has 2 amide bonds. The molecule has 0 aliphatic heterocycles. The monoisotopic (exact) mass is 329 g/mol. The van der Waals surface area contributed by atoms with Gasteiger partial charge in [0.15, 0.2) is 0 Å². The van der Waals surface area contributed by atoms with Crippen LogP contribution in [-0.4, -0.2) is 34.6 Å². The van der Waals surface area contributed by atoms with Crippen LogP contribution in [0.4, 0.5) is 5.69 Å². The predicted molar refractivity (Wildman–Crippen MR) is 92.8 cm³/mol. The molecular weight excluding hydrogens is 306 g/mol. The maximum absolute atomic E-state index is 11.9. The van der Waals surface area contributed by atoms with Crippen LogP contribution in [0.1, 0.15) is 29.6 Å². The lowest BCUT2D eigenvalue weighted by molar-refractivity contribution is -0.116. The molecule has 24 heavy (non-hydrogen) atoms. The summed E-state index contributed by atoms with van der Waals surface area (Å²) in [4.78, 5) is 23.7.